The van der Waals surface area contributed by atoms with E-state index in [-0.39, 0.29) is 12.3 Å². The van der Waals surface area contributed by atoms with E-state index in [1.165, 1.54) is 0 Å². The van der Waals surface area contributed by atoms with E-state index in [4.69, 9.17) is 5.73 Å². The first kappa shape index (κ1) is 13.2. The molecule has 1 heterocycles. The molecule has 1 aromatic rings. The van der Waals surface area contributed by atoms with Gasteiger partial charge >= 0.3 is 0 Å². The molecule has 0 aliphatic rings. The van der Waals surface area contributed by atoms with Gasteiger partial charge in [0.2, 0.25) is 11.8 Å². The third kappa shape index (κ3) is 4.22. The first-order valence-corrected chi connectivity index (χ1v) is 5.38. The van der Waals surface area contributed by atoms with Gasteiger partial charge in [-0.3, -0.25) is 14.6 Å². The number of nitrogens with two attached hydrogens (primary N) is 1. The smallest absolute Gasteiger partial charge is 0.223 e. The molecule has 0 atom stereocenters. The van der Waals surface area contributed by atoms with E-state index in [1.54, 1.807) is 20.0 Å². The van der Waals surface area contributed by atoms with Crippen molar-refractivity contribution in [3.05, 3.63) is 30.1 Å². The fraction of sp³-hybridized carbons (Fsp3) is 0.417. The second-order valence-electron chi connectivity index (χ2n) is 4.52. The van der Waals surface area contributed by atoms with Crippen LogP contribution in [0, 0.1) is 5.41 Å². The summed E-state index contributed by atoms with van der Waals surface area (Å²) in [5.41, 5.74) is 5.14. The summed E-state index contributed by atoms with van der Waals surface area (Å²) in [6.45, 7) is 3.65. The average Bonchev–Trinajstić information content (AvgIpc) is 2.27. The van der Waals surface area contributed by atoms with Crippen molar-refractivity contribution in [1.29, 1.82) is 0 Å². The Hall–Kier alpha value is -1.91. The van der Waals surface area contributed by atoms with Gasteiger partial charge in [-0.2, -0.15) is 0 Å². The topological polar surface area (TPSA) is 85.1 Å². The fourth-order valence-corrected chi connectivity index (χ4v) is 1.24. The Balaban J connectivity index is 2.44. The number of pyridine rings is 1. The number of aromatic nitrogens is 1. The van der Waals surface area contributed by atoms with E-state index in [2.05, 4.69) is 10.3 Å². The van der Waals surface area contributed by atoms with Gasteiger partial charge in [-0.05, 0) is 12.1 Å². The Bertz CT molecular complexity index is 401. The lowest BCUT2D eigenvalue weighted by Crippen LogP contribution is -2.37. The molecule has 0 aromatic carbocycles. The summed E-state index contributed by atoms with van der Waals surface area (Å²) in [6.07, 6.45) is 1.74. The third-order valence-corrected chi connectivity index (χ3v) is 2.46. The van der Waals surface area contributed by atoms with Crippen LogP contribution >= 0.6 is 0 Å². The summed E-state index contributed by atoms with van der Waals surface area (Å²) < 4.78 is 0. The number of primary amides is 1. The summed E-state index contributed by atoms with van der Waals surface area (Å²) >= 11 is 0. The van der Waals surface area contributed by atoms with Crippen LogP contribution in [0.3, 0.4) is 0 Å². The largest absolute Gasteiger partial charge is 0.369 e. The van der Waals surface area contributed by atoms with E-state index in [0.717, 1.165) is 5.69 Å². The number of nitrogens with zero attached hydrogens (tertiary/aromatic N) is 1. The predicted molar refractivity (Wildman–Crippen MR) is 63.7 cm³/mol. The molecule has 5 nitrogen and oxygen atoms in total. The Morgan fingerprint density at radius 3 is 2.65 bits per heavy atom. The molecule has 0 unspecified atom stereocenters. The molecule has 0 spiro atoms. The summed E-state index contributed by atoms with van der Waals surface area (Å²) in [5, 5.41) is 2.70. The van der Waals surface area contributed by atoms with Crippen LogP contribution in [0.15, 0.2) is 24.4 Å². The number of amides is 2. The van der Waals surface area contributed by atoms with Gasteiger partial charge < -0.3 is 11.1 Å². The Labute approximate surface area is 100 Å². The van der Waals surface area contributed by atoms with Gasteiger partial charge in [0.1, 0.15) is 0 Å². The average molecular weight is 235 g/mol. The third-order valence-electron chi connectivity index (χ3n) is 2.46. The predicted octanol–water partition coefficient (Wildman–Crippen LogP) is 0.599. The molecule has 0 saturated heterocycles. The number of rotatable bonds is 5. The van der Waals surface area contributed by atoms with Crippen molar-refractivity contribution >= 4 is 11.8 Å². The number of hydrogen-bond donors (Lipinski definition) is 2. The molecule has 0 radical (unpaired) electrons. The zero-order valence-corrected chi connectivity index (χ0v) is 10.1. The van der Waals surface area contributed by atoms with Gasteiger partial charge in [-0.1, -0.05) is 19.9 Å². The molecule has 0 bridgehead atoms. The standard InChI is InChI=1S/C12H17N3O2/c1-12(2,11(13)17)7-10(16)15-8-9-5-3-4-6-14-9/h3-6H,7-8H2,1-2H3,(H2,13,17)(H,15,16). The van der Waals surface area contributed by atoms with Crippen molar-refractivity contribution in [3.63, 3.8) is 0 Å². The van der Waals surface area contributed by atoms with Crippen LogP contribution in [0.5, 0.6) is 0 Å². The van der Waals surface area contributed by atoms with Crippen molar-refractivity contribution in [2.24, 2.45) is 11.1 Å². The van der Waals surface area contributed by atoms with Crippen LogP contribution in [0.25, 0.3) is 0 Å². The van der Waals surface area contributed by atoms with Gasteiger partial charge in [0.25, 0.3) is 0 Å². The summed E-state index contributed by atoms with van der Waals surface area (Å²) in [6, 6.07) is 5.48. The van der Waals surface area contributed by atoms with Crippen molar-refractivity contribution in [1.82, 2.24) is 10.3 Å². The first-order chi connectivity index (χ1) is 7.92. The molecule has 0 saturated carbocycles. The lowest BCUT2D eigenvalue weighted by Gasteiger charge is -2.19. The number of hydrogen-bond acceptors (Lipinski definition) is 3. The Kier molecular flexibility index (Phi) is 4.20. The van der Waals surface area contributed by atoms with Gasteiger partial charge in [0, 0.05) is 12.6 Å². The number of carbonyl (C=O) groups excluding carboxylic acids is 2. The highest BCUT2D eigenvalue weighted by atomic mass is 16.2. The van der Waals surface area contributed by atoms with Crippen LogP contribution in [0.1, 0.15) is 26.0 Å². The van der Waals surface area contributed by atoms with Crippen molar-refractivity contribution in [3.8, 4) is 0 Å². The van der Waals surface area contributed by atoms with Crippen LogP contribution < -0.4 is 11.1 Å². The first-order valence-electron chi connectivity index (χ1n) is 5.38. The molecule has 92 valence electrons. The highest BCUT2D eigenvalue weighted by molar-refractivity contribution is 5.87. The van der Waals surface area contributed by atoms with E-state index in [1.807, 2.05) is 18.2 Å². The van der Waals surface area contributed by atoms with Crippen LogP contribution in [0.4, 0.5) is 0 Å². The summed E-state index contributed by atoms with van der Waals surface area (Å²) in [7, 11) is 0. The molecule has 1 aromatic heterocycles. The number of nitrogens with one attached hydrogen (secondary N) is 1. The molecular weight excluding hydrogens is 218 g/mol. The normalized spacial score (nSPS) is 10.9. The molecule has 0 fully saturated rings. The van der Waals surface area contributed by atoms with E-state index in [0.29, 0.717) is 6.54 Å². The van der Waals surface area contributed by atoms with E-state index >= 15 is 0 Å². The van der Waals surface area contributed by atoms with Crippen LogP contribution in [-0.4, -0.2) is 16.8 Å². The van der Waals surface area contributed by atoms with Gasteiger partial charge in [0.15, 0.2) is 0 Å². The second-order valence-corrected chi connectivity index (χ2v) is 4.52. The lowest BCUT2D eigenvalue weighted by atomic mass is 9.88. The monoisotopic (exact) mass is 235 g/mol. The maximum absolute atomic E-state index is 11.6. The highest BCUT2D eigenvalue weighted by Crippen LogP contribution is 2.18. The van der Waals surface area contributed by atoms with Crippen molar-refractivity contribution in [2.75, 3.05) is 0 Å². The molecule has 2 amide bonds. The maximum atomic E-state index is 11.6. The molecule has 17 heavy (non-hydrogen) atoms. The highest BCUT2D eigenvalue weighted by Gasteiger charge is 2.27. The number of carbonyl (C=O) groups is 2. The molecule has 1 rings (SSSR count). The molecule has 3 N–H and O–H groups in total. The van der Waals surface area contributed by atoms with Gasteiger partial charge in [-0.15, -0.1) is 0 Å². The minimum Gasteiger partial charge on any atom is -0.369 e. The zero-order chi connectivity index (χ0) is 12.9. The Morgan fingerprint density at radius 2 is 2.12 bits per heavy atom. The van der Waals surface area contributed by atoms with Crippen molar-refractivity contribution in [2.45, 2.75) is 26.8 Å². The SMILES string of the molecule is CC(C)(CC(=O)NCc1ccccn1)C(N)=O. The minimum absolute atomic E-state index is 0.0785. The van der Waals surface area contributed by atoms with Crippen LogP contribution in [-0.2, 0) is 16.1 Å². The van der Waals surface area contributed by atoms with Gasteiger partial charge in [0.05, 0.1) is 17.7 Å². The van der Waals surface area contributed by atoms with E-state index < -0.39 is 11.3 Å². The quantitative estimate of drug-likeness (QED) is 0.783. The summed E-state index contributed by atoms with van der Waals surface area (Å²) in [5.74, 6) is -0.690. The maximum Gasteiger partial charge on any atom is 0.223 e. The fourth-order valence-electron chi connectivity index (χ4n) is 1.24. The van der Waals surface area contributed by atoms with Crippen LogP contribution in [0.2, 0.25) is 0 Å². The second kappa shape index (κ2) is 5.43. The van der Waals surface area contributed by atoms with Crippen molar-refractivity contribution < 1.29 is 9.59 Å². The lowest BCUT2D eigenvalue weighted by molar-refractivity contribution is -0.132. The molecule has 0 aliphatic carbocycles. The molecule has 5 heteroatoms. The zero-order valence-electron chi connectivity index (χ0n) is 10.1. The van der Waals surface area contributed by atoms with E-state index in [9.17, 15) is 9.59 Å². The molecular formula is C12H17N3O2. The Morgan fingerprint density at radius 1 is 1.41 bits per heavy atom. The summed E-state index contributed by atoms with van der Waals surface area (Å²) in [4.78, 5) is 26.7. The van der Waals surface area contributed by atoms with Gasteiger partial charge in [-0.25, -0.2) is 0 Å². The molecule has 0 aliphatic heterocycles. The minimum atomic E-state index is -0.825.